The summed E-state index contributed by atoms with van der Waals surface area (Å²) in [4.78, 5) is 0. The lowest BCUT2D eigenvalue weighted by atomic mass is 9.67. The summed E-state index contributed by atoms with van der Waals surface area (Å²) >= 11 is 0. The summed E-state index contributed by atoms with van der Waals surface area (Å²) < 4.78 is 0. The first-order valence-electron chi connectivity index (χ1n) is 21.9. The molecular formula is C63H42. The van der Waals surface area contributed by atoms with Gasteiger partial charge in [0.15, 0.2) is 0 Å². The highest BCUT2D eigenvalue weighted by Crippen LogP contribution is 2.57. The molecule has 11 aromatic rings. The van der Waals surface area contributed by atoms with Gasteiger partial charge in [-0.3, -0.25) is 0 Å². The van der Waals surface area contributed by atoms with Crippen LogP contribution in [0.4, 0.5) is 0 Å². The Hall–Kier alpha value is -8.06. The van der Waals surface area contributed by atoms with E-state index in [0.717, 1.165) is 0 Å². The standard InChI is InChI=1S/C63H42/c1-3-18-49(19-4-1)63(50-20-5-2-6-21-50)59-29-14-13-23-53(59)54-41-40-48(42-60(54)63)62-57-26-11-9-24-55(57)61(56-25-10-12-27-58(56)62)47-38-34-44(35-39-47)31-30-43-32-36-46(37-33-43)52-28-15-17-45-16-7-8-22-51(45)52/h1-42H. The maximum absolute atomic E-state index is 2.50. The van der Waals surface area contributed by atoms with Crippen molar-refractivity contribution in [3.05, 3.63) is 276 Å². The predicted octanol–water partition coefficient (Wildman–Crippen LogP) is 16.7. The van der Waals surface area contributed by atoms with Crippen molar-refractivity contribution in [2.75, 3.05) is 0 Å². The molecule has 0 heteroatoms. The average Bonchev–Trinajstić information content (AvgIpc) is 3.66. The van der Waals surface area contributed by atoms with Crippen LogP contribution < -0.4 is 0 Å². The first-order valence-corrected chi connectivity index (χ1v) is 21.9. The lowest BCUT2D eigenvalue weighted by Crippen LogP contribution is -2.28. The van der Waals surface area contributed by atoms with Crippen molar-refractivity contribution in [3.8, 4) is 44.5 Å². The first-order chi connectivity index (χ1) is 31.3. The lowest BCUT2D eigenvalue weighted by Gasteiger charge is -2.34. The molecule has 1 aliphatic rings. The summed E-state index contributed by atoms with van der Waals surface area (Å²) in [5, 5.41) is 7.55. The molecule has 0 saturated heterocycles. The Morgan fingerprint density at radius 1 is 0.270 bits per heavy atom. The highest BCUT2D eigenvalue weighted by molar-refractivity contribution is 6.21. The zero-order valence-electron chi connectivity index (χ0n) is 34.7. The summed E-state index contributed by atoms with van der Waals surface area (Å²) in [6.07, 6.45) is 4.42. The molecule has 0 fully saturated rings. The fourth-order valence-corrected chi connectivity index (χ4v) is 10.6. The molecule has 0 radical (unpaired) electrons. The molecule has 0 aromatic heterocycles. The molecule has 0 nitrogen and oxygen atoms in total. The van der Waals surface area contributed by atoms with Gasteiger partial charge in [-0.1, -0.05) is 249 Å². The fraction of sp³-hybridized carbons (Fsp3) is 0.0159. The molecule has 0 amide bonds. The predicted molar refractivity (Wildman–Crippen MR) is 268 cm³/mol. The molecular weight excluding hydrogens is 757 g/mol. The van der Waals surface area contributed by atoms with Crippen LogP contribution in [0.25, 0.3) is 89.0 Å². The molecule has 0 atom stereocenters. The van der Waals surface area contributed by atoms with E-state index >= 15 is 0 Å². The van der Waals surface area contributed by atoms with Gasteiger partial charge in [0.25, 0.3) is 0 Å². The minimum Gasteiger partial charge on any atom is -0.0622 e. The molecule has 1 aliphatic carbocycles. The van der Waals surface area contributed by atoms with E-state index in [0.29, 0.717) is 0 Å². The number of rotatable bonds is 7. The Balaban J connectivity index is 0.951. The Morgan fingerprint density at radius 2 is 0.698 bits per heavy atom. The maximum Gasteiger partial charge on any atom is 0.0713 e. The average molecular weight is 799 g/mol. The lowest BCUT2D eigenvalue weighted by molar-refractivity contribution is 0.769. The van der Waals surface area contributed by atoms with E-state index in [1.165, 1.54) is 110 Å². The van der Waals surface area contributed by atoms with Crippen LogP contribution in [0.5, 0.6) is 0 Å². The minimum absolute atomic E-state index is 0.465. The van der Waals surface area contributed by atoms with Gasteiger partial charge in [-0.05, 0) is 116 Å². The third-order valence-corrected chi connectivity index (χ3v) is 13.4. The van der Waals surface area contributed by atoms with Crippen molar-refractivity contribution in [1.82, 2.24) is 0 Å². The van der Waals surface area contributed by atoms with Crippen molar-refractivity contribution in [2.45, 2.75) is 5.41 Å². The van der Waals surface area contributed by atoms with Gasteiger partial charge in [0.2, 0.25) is 0 Å². The van der Waals surface area contributed by atoms with E-state index < -0.39 is 5.41 Å². The summed E-state index contributed by atoms with van der Waals surface area (Å²) in [5.41, 5.74) is 17.1. The highest BCUT2D eigenvalue weighted by atomic mass is 14.5. The van der Waals surface area contributed by atoms with Gasteiger partial charge in [-0.15, -0.1) is 0 Å². The number of benzene rings is 11. The van der Waals surface area contributed by atoms with Gasteiger partial charge in [0, 0.05) is 0 Å². The highest BCUT2D eigenvalue weighted by Gasteiger charge is 2.46. The molecule has 63 heavy (non-hydrogen) atoms. The maximum atomic E-state index is 2.50. The third-order valence-electron chi connectivity index (χ3n) is 13.4. The summed E-state index contributed by atoms with van der Waals surface area (Å²) in [5.74, 6) is 0. The zero-order valence-corrected chi connectivity index (χ0v) is 34.7. The van der Waals surface area contributed by atoms with Crippen LogP contribution in [-0.2, 0) is 5.41 Å². The molecule has 0 unspecified atom stereocenters. The second-order valence-electron chi connectivity index (χ2n) is 16.7. The van der Waals surface area contributed by atoms with Crippen LogP contribution in [-0.4, -0.2) is 0 Å². The van der Waals surface area contributed by atoms with Gasteiger partial charge < -0.3 is 0 Å². The molecule has 11 aromatic carbocycles. The summed E-state index contributed by atoms with van der Waals surface area (Å²) in [6, 6.07) is 89.5. The van der Waals surface area contributed by atoms with Crippen molar-refractivity contribution in [3.63, 3.8) is 0 Å². The molecule has 294 valence electrons. The van der Waals surface area contributed by atoms with Crippen LogP contribution in [0.1, 0.15) is 33.4 Å². The normalized spacial score (nSPS) is 12.8. The molecule has 0 aliphatic heterocycles. The van der Waals surface area contributed by atoms with Crippen LogP contribution in [0.2, 0.25) is 0 Å². The van der Waals surface area contributed by atoms with E-state index in [9.17, 15) is 0 Å². The van der Waals surface area contributed by atoms with Gasteiger partial charge in [-0.25, -0.2) is 0 Å². The smallest absolute Gasteiger partial charge is 0.0622 e. The number of fused-ring (bicyclic) bond motifs is 6. The van der Waals surface area contributed by atoms with Crippen molar-refractivity contribution >= 4 is 44.5 Å². The van der Waals surface area contributed by atoms with E-state index in [1.807, 2.05) is 0 Å². The van der Waals surface area contributed by atoms with Crippen molar-refractivity contribution < 1.29 is 0 Å². The van der Waals surface area contributed by atoms with Crippen LogP contribution in [0.15, 0.2) is 243 Å². The zero-order chi connectivity index (χ0) is 41.7. The monoisotopic (exact) mass is 798 g/mol. The van der Waals surface area contributed by atoms with Gasteiger partial charge in [0.05, 0.1) is 5.41 Å². The minimum atomic E-state index is -0.465. The SMILES string of the molecule is C(=Cc1ccc(-c2c3ccccc3c(-c3ccc4c(c3)C(c3ccccc3)(c3ccccc3)c3ccccc3-4)c3ccccc23)cc1)c1ccc(-c2cccc3ccccc23)cc1. The second kappa shape index (κ2) is 15.1. The summed E-state index contributed by atoms with van der Waals surface area (Å²) in [6.45, 7) is 0. The summed E-state index contributed by atoms with van der Waals surface area (Å²) in [7, 11) is 0. The van der Waals surface area contributed by atoms with E-state index in [1.54, 1.807) is 0 Å². The van der Waals surface area contributed by atoms with Crippen LogP contribution in [0, 0.1) is 0 Å². The van der Waals surface area contributed by atoms with Crippen LogP contribution >= 0.6 is 0 Å². The van der Waals surface area contributed by atoms with Gasteiger partial charge in [-0.2, -0.15) is 0 Å². The number of hydrogen-bond donors (Lipinski definition) is 0. The topological polar surface area (TPSA) is 0 Å². The van der Waals surface area contributed by atoms with Gasteiger partial charge >= 0.3 is 0 Å². The third kappa shape index (κ3) is 5.98. The molecule has 0 spiro atoms. The molecule has 0 saturated carbocycles. The Kier molecular flexibility index (Phi) is 8.83. The Bertz CT molecular complexity index is 3420. The van der Waals surface area contributed by atoms with Crippen molar-refractivity contribution in [1.29, 1.82) is 0 Å². The Labute approximate surface area is 368 Å². The van der Waals surface area contributed by atoms with Crippen LogP contribution in [0.3, 0.4) is 0 Å². The first kappa shape index (κ1) is 36.8. The molecule has 0 bridgehead atoms. The van der Waals surface area contributed by atoms with Gasteiger partial charge in [0.1, 0.15) is 0 Å². The van der Waals surface area contributed by atoms with E-state index in [2.05, 4.69) is 255 Å². The second-order valence-corrected chi connectivity index (χ2v) is 16.7. The largest absolute Gasteiger partial charge is 0.0713 e. The molecule has 0 heterocycles. The number of hydrogen-bond acceptors (Lipinski definition) is 0. The molecule has 0 N–H and O–H groups in total. The van der Waals surface area contributed by atoms with E-state index in [4.69, 9.17) is 0 Å². The fourth-order valence-electron chi connectivity index (χ4n) is 10.6. The van der Waals surface area contributed by atoms with E-state index in [-0.39, 0.29) is 0 Å². The Morgan fingerprint density at radius 3 is 1.30 bits per heavy atom. The quantitative estimate of drug-likeness (QED) is 0.111. The molecule has 12 rings (SSSR count). The van der Waals surface area contributed by atoms with Crippen molar-refractivity contribution in [2.24, 2.45) is 0 Å².